The quantitative estimate of drug-likeness (QED) is 0.805. The molecule has 0 saturated heterocycles. The number of sulfonamides is 1. The Morgan fingerprint density at radius 2 is 2.00 bits per heavy atom. The van der Waals surface area contributed by atoms with E-state index < -0.39 is 10.0 Å². The van der Waals surface area contributed by atoms with Crippen LogP contribution in [-0.2, 0) is 10.0 Å². The van der Waals surface area contributed by atoms with Crippen molar-refractivity contribution in [3.63, 3.8) is 0 Å². The van der Waals surface area contributed by atoms with Gasteiger partial charge in [0.1, 0.15) is 4.21 Å². The first-order valence-electron chi connectivity index (χ1n) is 5.94. The van der Waals surface area contributed by atoms with Crippen molar-refractivity contribution >= 4 is 43.0 Å². The van der Waals surface area contributed by atoms with Crippen LogP contribution in [0.1, 0.15) is 24.1 Å². The monoisotopic (exact) mass is 374 g/mol. The van der Waals surface area contributed by atoms with Gasteiger partial charge in [0, 0.05) is 11.7 Å². The molecule has 108 valence electrons. The van der Waals surface area contributed by atoms with Gasteiger partial charge in [-0.1, -0.05) is 18.2 Å². The second-order valence-electron chi connectivity index (χ2n) is 4.49. The molecule has 7 heteroatoms. The lowest BCUT2D eigenvalue weighted by Gasteiger charge is -2.15. The molecule has 20 heavy (non-hydrogen) atoms. The van der Waals surface area contributed by atoms with Crippen LogP contribution in [0.15, 0.2) is 38.3 Å². The average Bonchev–Trinajstić information content (AvgIpc) is 2.70. The summed E-state index contributed by atoms with van der Waals surface area (Å²) in [5.74, 6) is 0. The number of rotatable bonds is 4. The summed E-state index contributed by atoms with van der Waals surface area (Å²) >= 11 is 4.54. The number of halogens is 1. The Bertz CT molecular complexity index is 706. The van der Waals surface area contributed by atoms with Gasteiger partial charge in [-0.3, -0.25) is 0 Å². The highest BCUT2D eigenvalue weighted by molar-refractivity contribution is 9.11. The van der Waals surface area contributed by atoms with E-state index in [-0.39, 0.29) is 6.04 Å². The molecular weight excluding hydrogens is 360 g/mol. The number of thiophene rings is 1. The number of nitrogen functional groups attached to an aromatic ring is 1. The predicted octanol–water partition coefficient (Wildman–Crippen LogP) is 3.44. The zero-order valence-corrected chi connectivity index (χ0v) is 14.3. The predicted molar refractivity (Wildman–Crippen MR) is 86.3 cm³/mol. The highest BCUT2D eigenvalue weighted by Crippen LogP contribution is 2.31. The van der Waals surface area contributed by atoms with Gasteiger partial charge < -0.3 is 5.73 Å². The lowest BCUT2D eigenvalue weighted by molar-refractivity contribution is 0.569. The van der Waals surface area contributed by atoms with Gasteiger partial charge in [0.15, 0.2) is 0 Å². The number of nitrogens with two attached hydrogens (primary N) is 1. The molecule has 0 saturated carbocycles. The summed E-state index contributed by atoms with van der Waals surface area (Å²) in [7, 11) is -3.54. The molecule has 3 N–H and O–H groups in total. The normalized spacial score (nSPS) is 13.3. The highest BCUT2D eigenvalue weighted by Gasteiger charge is 2.22. The fourth-order valence-corrected chi connectivity index (χ4v) is 5.29. The zero-order chi connectivity index (χ0) is 14.9. The molecule has 0 fully saturated rings. The Hall–Kier alpha value is -0.890. The molecule has 0 radical (unpaired) electrons. The zero-order valence-electron chi connectivity index (χ0n) is 11.1. The first-order chi connectivity index (χ1) is 9.31. The van der Waals surface area contributed by atoms with Crippen LogP contribution in [0.3, 0.4) is 0 Å². The maximum absolute atomic E-state index is 12.3. The van der Waals surface area contributed by atoms with E-state index in [4.69, 9.17) is 5.73 Å². The first kappa shape index (κ1) is 15.5. The van der Waals surface area contributed by atoms with Crippen LogP contribution in [0.4, 0.5) is 5.69 Å². The summed E-state index contributed by atoms with van der Waals surface area (Å²) in [6.45, 7) is 3.64. The standard InChI is InChI=1S/C13H15BrN2O2S2/c1-8-7-12(19-13(8)14)20(17,18)16-9(2)10-5-3-4-6-11(10)15/h3-7,9,16H,15H2,1-2H3. The maximum Gasteiger partial charge on any atom is 0.250 e. The van der Waals surface area contributed by atoms with E-state index in [2.05, 4.69) is 20.7 Å². The lowest BCUT2D eigenvalue weighted by Crippen LogP contribution is -2.26. The van der Waals surface area contributed by atoms with E-state index in [0.29, 0.717) is 9.90 Å². The van der Waals surface area contributed by atoms with Crippen molar-refractivity contribution in [3.05, 3.63) is 45.2 Å². The molecule has 1 heterocycles. The Labute approximate surface area is 131 Å². The Morgan fingerprint density at radius 3 is 2.55 bits per heavy atom. The highest BCUT2D eigenvalue weighted by atomic mass is 79.9. The summed E-state index contributed by atoms with van der Waals surface area (Å²) in [6, 6.07) is 8.49. The number of aryl methyl sites for hydroxylation is 1. The number of hydrogen-bond donors (Lipinski definition) is 2. The van der Waals surface area contributed by atoms with Gasteiger partial charge in [-0.25, -0.2) is 13.1 Å². The van der Waals surface area contributed by atoms with E-state index in [1.165, 1.54) is 11.3 Å². The molecule has 2 aromatic rings. The third-order valence-corrected chi connectivity index (χ3v) is 7.04. The molecule has 1 atom stereocenters. The summed E-state index contributed by atoms with van der Waals surface area (Å²) in [5.41, 5.74) is 8.11. The van der Waals surface area contributed by atoms with E-state index in [9.17, 15) is 8.42 Å². The topological polar surface area (TPSA) is 72.2 Å². The summed E-state index contributed by atoms with van der Waals surface area (Å²) in [4.78, 5) is 0. The van der Waals surface area contributed by atoms with Crippen molar-refractivity contribution < 1.29 is 8.42 Å². The number of nitrogens with one attached hydrogen (secondary N) is 1. The smallest absolute Gasteiger partial charge is 0.250 e. The van der Waals surface area contributed by atoms with Gasteiger partial charge in [-0.15, -0.1) is 11.3 Å². The number of anilines is 1. The molecule has 1 aromatic heterocycles. The van der Waals surface area contributed by atoms with Gasteiger partial charge in [-0.05, 0) is 53.0 Å². The summed E-state index contributed by atoms with van der Waals surface area (Å²) in [5, 5.41) is 0. The molecule has 0 bridgehead atoms. The third kappa shape index (κ3) is 3.22. The molecular formula is C13H15BrN2O2S2. The van der Waals surface area contributed by atoms with Crippen molar-refractivity contribution in [2.45, 2.75) is 24.1 Å². The molecule has 0 amide bonds. The summed E-state index contributed by atoms with van der Waals surface area (Å²) in [6.07, 6.45) is 0. The lowest BCUT2D eigenvalue weighted by atomic mass is 10.1. The van der Waals surface area contributed by atoms with Crippen LogP contribution in [0.2, 0.25) is 0 Å². The minimum atomic E-state index is -3.54. The molecule has 0 aliphatic rings. The van der Waals surface area contributed by atoms with Gasteiger partial charge >= 0.3 is 0 Å². The van der Waals surface area contributed by atoms with E-state index in [1.807, 2.05) is 25.1 Å². The van der Waals surface area contributed by atoms with Crippen LogP contribution in [0.5, 0.6) is 0 Å². The van der Waals surface area contributed by atoms with Gasteiger partial charge in [-0.2, -0.15) is 0 Å². The SMILES string of the molecule is Cc1cc(S(=O)(=O)NC(C)c2ccccc2N)sc1Br. The van der Waals surface area contributed by atoms with Crippen LogP contribution >= 0.6 is 27.3 Å². The fourth-order valence-electron chi connectivity index (χ4n) is 1.82. The van der Waals surface area contributed by atoms with E-state index in [0.717, 1.165) is 14.9 Å². The van der Waals surface area contributed by atoms with Crippen molar-refractivity contribution in [2.75, 3.05) is 5.73 Å². The number of para-hydroxylation sites is 1. The molecule has 0 aliphatic carbocycles. The Morgan fingerprint density at radius 1 is 1.35 bits per heavy atom. The van der Waals surface area contributed by atoms with Crippen LogP contribution in [0, 0.1) is 6.92 Å². The maximum atomic E-state index is 12.3. The van der Waals surface area contributed by atoms with Gasteiger partial charge in [0.25, 0.3) is 10.0 Å². The fraction of sp³-hybridized carbons (Fsp3) is 0.231. The van der Waals surface area contributed by atoms with Gasteiger partial charge in [0.2, 0.25) is 0 Å². The molecule has 4 nitrogen and oxygen atoms in total. The third-order valence-electron chi connectivity index (χ3n) is 2.89. The molecule has 2 rings (SSSR count). The molecule has 1 aromatic carbocycles. The number of benzene rings is 1. The second-order valence-corrected chi connectivity index (χ2v) is 8.80. The van der Waals surface area contributed by atoms with Crippen LogP contribution in [-0.4, -0.2) is 8.42 Å². The van der Waals surface area contributed by atoms with E-state index in [1.54, 1.807) is 19.1 Å². The minimum Gasteiger partial charge on any atom is -0.398 e. The van der Waals surface area contributed by atoms with Crippen LogP contribution < -0.4 is 10.5 Å². The average molecular weight is 375 g/mol. The minimum absolute atomic E-state index is 0.295. The van der Waals surface area contributed by atoms with Crippen LogP contribution in [0.25, 0.3) is 0 Å². The van der Waals surface area contributed by atoms with Crippen molar-refractivity contribution in [2.24, 2.45) is 0 Å². The van der Waals surface area contributed by atoms with Crippen molar-refractivity contribution in [3.8, 4) is 0 Å². The number of hydrogen-bond acceptors (Lipinski definition) is 4. The van der Waals surface area contributed by atoms with Crippen molar-refractivity contribution in [1.82, 2.24) is 4.72 Å². The Balaban J connectivity index is 2.27. The molecule has 1 unspecified atom stereocenters. The first-order valence-corrected chi connectivity index (χ1v) is 9.03. The Kier molecular flexibility index (Phi) is 4.53. The molecule has 0 aliphatic heterocycles. The van der Waals surface area contributed by atoms with Crippen molar-refractivity contribution in [1.29, 1.82) is 0 Å². The molecule has 0 spiro atoms. The summed E-state index contributed by atoms with van der Waals surface area (Å²) < 4.78 is 28.4. The van der Waals surface area contributed by atoms with E-state index >= 15 is 0 Å². The largest absolute Gasteiger partial charge is 0.398 e. The van der Waals surface area contributed by atoms with Gasteiger partial charge in [0.05, 0.1) is 3.79 Å². The second kappa shape index (κ2) is 5.85.